The first-order chi connectivity index (χ1) is 28.0. The molecule has 2 atom stereocenters. The monoisotopic (exact) mass is 763 g/mol. The van der Waals surface area contributed by atoms with Crippen LogP contribution in [-0.4, -0.2) is 41.0 Å². The Labute approximate surface area is 340 Å². The lowest BCUT2D eigenvalue weighted by atomic mass is 9.80. The molecular formula is C50H61N5O2. The van der Waals surface area contributed by atoms with Gasteiger partial charge in [0.25, 0.3) is 0 Å². The Morgan fingerprint density at radius 1 is 0.877 bits per heavy atom. The number of aliphatic imine (C=N–C) groups is 1. The summed E-state index contributed by atoms with van der Waals surface area (Å²) in [5.74, 6) is 2.00. The van der Waals surface area contributed by atoms with E-state index in [-0.39, 0.29) is 6.04 Å². The van der Waals surface area contributed by atoms with Crippen LogP contribution in [0.25, 0.3) is 11.0 Å². The van der Waals surface area contributed by atoms with Crippen LogP contribution in [0.15, 0.2) is 139 Å². The maximum Gasteiger partial charge on any atom is 0.146 e. The Morgan fingerprint density at radius 2 is 1.47 bits per heavy atom. The first-order valence-corrected chi connectivity index (χ1v) is 20.6. The molecule has 6 aromatic rings. The number of ether oxygens (including phenoxy) is 2. The third-order valence-electron chi connectivity index (χ3n) is 10.3. The summed E-state index contributed by atoms with van der Waals surface area (Å²) in [6.07, 6.45) is 12.3. The van der Waals surface area contributed by atoms with Gasteiger partial charge in [-0.15, -0.1) is 0 Å². The Hall–Kier alpha value is -5.53. The van der Waals surface area contributed by atoms with Crippen molar-refractivity contribution < 1.29 is 9.47 Å². The number of anilines is 1. The summed E-state index contributed by atoms with van der Waals surface area (Å²) in [7, 11) is 3.55. The standard InChI is InChI=1S/C45H47N5O2.C3H8.C2H6/c1-5-15-40(46-3)39-29-50(44-42(39)43(48-31-49-44)47-28-34-24-22-32(2)26-41(34)51-4)38-25-23-33(27-38)30-52-45(35-16-9-6-10-17-35,36-18-11-7-12-19-36)37-20-13-8-14-21-37;1-3-2;1-2/h5-22,24,26,29,31,33,38H,23,25,27-28,30H2,1-4H3,(H,47,48,49);3H2,1-2H3;1-2H3/b15-5-,46-40?;;. The number of nitrogens with one attached hydrogen (secondary N) is 1. The van der Waals surface area contributed by atoms with E-state index >= 15 is 0 Å². The van der Waals surface area contributed by atoms with Gasteiger partial charge in [0, 0.05) is 37.0 Å². The first-order valence-electron chi connectivity index (χ1n) is 20.6. The Balaban J connectivity index is 0.00000118. The molecule has 298 valence electrons. The normalized spacial score (nSPS) is 15.5. The van der Waals surface area contributed by atoms with Crippen molar-refractivity contribution in [2.45, 2.75) is 85.4 Å². The summed E-state index contributed by atoms with van der Waals surface area (Å²) in [5.41, 5.74) is 7.68. The molecule has 2 unspecified atom stereocenters. The smallest absolute Gasteiger partial charge is 0.146 e. The SMILES string of the molecule is C/C=C\C(=NC)c1cn(C2CCC(COC(c3ccccc3)(c3ccccc3)c3ccccc3)C2)c2ncnc(NCc3ccc(C)cc3OC)c12.CC.CCC. The van der Waals surface area contributed by atoms with Gasteiger partial charge in [-0.1, -0.05) is 143 Å². The fraction of sp³-hybridized carbons (Fsp3) is 0.340. The fourth-order valence-electron chi connectivity index (χ4n) is 7.77. The molecule has 0 amide bonds. The average Bonchev–Trinajstić information content (AvgIpc) is 3.90. The zero-order valence-corrected chi connectivity index (χ0v) is 35.2. The minimum Gasteiger partial charge on any atom is -0.496 e. The number of nitrogens with zero attached hydrogens (tertiary/aromatic N) is 4. The van der Waals surface area contributed by atoms with Crippen molar-refractivity contribution in [2.24, 2.45) is 10.9 Å². The zero-order chi connectivity index (χ0) is 40.6. The molecule has 1 saturated carbocycles. The molecule has 1 aliphatic rings. The topological polar surface area (TPSA) is 73.6 Å². The number of allylic oxidation sites excluding steroid dienone is 2. The van der Waals surface area contributed by atoms with E-state index in [1.54, 1.807) is 13.4 Å². The van der Waals surface area contributed by atoms with Crippen LogP contribution in [0.1, 0.15) is 99.7 Å². The van der Waals surface area contributed by atoms with Crippen molar-refractivity contribution in [3.63, 3.8) is 0 Å². The van der Waals surface area contributed by atoms with Crippen LogP contribution >= 0.6 is 0 Å². The molecule has 7 rings (SSSR count). The second-order valence-electron chi connectivity index (χ2n) is 14.3. The van der Waals surface area contributed by atoms with Crippen LogP contribution in [0.3, 0.4) is 0 Å². The van der Waals surface area contributed by atoms with Crippen LogP contribution in [-0.2, 0) is 16.9 Å². The second-order valence-corrected chi connectivity index (χ2v) is 14.3. The van der Waals surface area contributed by atoms with Gasteiger partial charge >= 0.3 is 0 Å². The average molecular weight is 764 g/mol. The van der Waals surface area contributed by atoms with E-state index in [2.05, 4.69) is 157 Å². The Bertz CT molecular complexity index is 2080. The summed E-state index contributed by atoms with van der Waals surface area (Å²) >= 11 is 0. The molecule has 57 heavy (non-hydrogen) atoms. The van der Waals surface area contributed by atoms with Crippen molar-refractivity contribution in [1.82, 2.24) is 14.5 Å². The lowest BCUT2D eigenvalue weighted by molar-refractivity contribution is -0.00762. The molecule has 1 aliphatic carbocycles. The van der Waals surface area contributed by atoms with Crippen LogP contribution in [0.5, 0.6) is 5.75 Å². The summed E-state index contributed by atoms with van der Waals surface area (Å²) in [4.78, 5) is 14.3. The molecule has 1 N–H and O–H groups in total. The highest BCUT2D eigenvalue weighted by molar-refractivity contribution is 6.18. The maximum atomic E-state index is 7.27. The molecule has 1 fully saturated rings. The fourth-order valence-corrected chi connectivity index (χ4v) is 7.77. The molecule has 0 aliphatic heterocycles. The van der Waals surface area contributed by atoms with E-state index in [0.717, 1.165) is 81.0 Å². The van der Waals surface area contributed by atoms with Gasteiger partial charge < -0.3 is 19.4 Å². The number of aromatic nitrogens is 3. The molecular weight excluding hydrogens is 703 g/mol. The maximum absolute atomic E-state index is 7.27. The van der Waals surface area contributed by atoms with E-state index in [1.807, 2.05) is 33.9 Å². The van der Waals surface area contributed by atoms with Crippen molar-refractivity contribution >= 4 is 22.6 Å². The van der Waals surface area contributed by atoms with Gasteiger partial charge in [0.2, 0.25) is 0 Å². The van der Waals surface area contributed by atoms with Crippen LogP contribution in [0.4, 0.5) is 5.82 Å². The van der Waals surface area contributed by atoms with Gasteiger partial charge in [0.05, 0.1) is 24.8 Å². The molecule has 0 spiro atoms. The summed E-state index contributed by atoms with van der Waals surface area (Å²) in [6, 6.07) is 38.4. The molecule has 0 radical (unpaired) electrons. The molecule has 0 saturated heterocycles. The van der Waals surface area contributed by atoms with Crippen LogP contribution in [0.2, 0.25) is 0 Å². The van der Waals surface area contributed by atoms with Gasteiger partial charge in [0.15, 0.2) is 0 Å². The van der Waals surface area contributed by atoms with Gasteiger partial charge in [-0.25, -0.2) is 9.97 Å². The van der Waals surface area contributed by atoms with E-state index in [1.165, 1.54) is 6.42 Å². The van der Waals surface area contributed by atoms with Gasteiger partial charge in [-0.05, 0) is 73.4 Å². The van der Waals surface area contributed by atoms with Crippen molar-refractivity contribution in [3.8, 4) is 5.75 Å². The third-order valence-corrected chi connectivity index (χ3v) is 10.3. The predicted octanol–water partition coefficient (Wildman–Crippen LogP) is 12.1. The van der Waals surface area contributed by atoms with Crippen molar-refractivity contribution in [3.05, 3.63) is 167 Å². The first kappa shape index (κ1) is 42.6. The summed E-state index contributed by atoms with van der Waals surface area (Å²) < 4.78 is 15.3. The van der Waals surface area contributed by atoms with Gasteiger partial charge in [-0.3, -0.25) is 4.99 Å². The van der Waals surface area contributed by atoms with Gasteiger partial charge in [-0.2, -0.15) is 0 Å². The number of fused-ring (bicyclic) bond motifs is 1. The second kappa shape index (κ2) is 21.1. The lowest BCUT2D eigenvalue weighted by Crippen LogP contribution is -2.34. The Kier molecular flexibility index (Phi) is 15.8. The van der Waals surface area contributed by atoms with Gasteiger partial charge in [0.1, 0.15) is 29.1 Å². The number of hydrogen-bond donors (Lipinski definition) is 1. The number of methoxy groups -OCH3 is 1. The van der Waals surface area contributed by atoms with Crippen LogP contribution in [0, 0.1) is 12.8 Å². The minimum absolute atomic E-state index is 0.257. The van der Waals surface area contributed by atoms with E-state index < -0.39 is 5.60 Å². The molecule has 2 aromatic heterocycles. The predicted molar refractivity (Wildman–Crippen MR) is 239 cm³/mol. The summed E-state index contributed by atoms with van der Waals surface area (Å²) in [5, 5.41) is 4.59. The number of hydrogen-bond acceptors (Lipinski definition) is 6. The highest BCUT2D eigenvalue weighted by atomic mass is 16.5. The largest absolute Gasteiger partial charge is 0.496 e. The molecule has 7 nitrogen and oxygen atoms in total. The Morgan fingerprint density at radius 3 is 2.02 bits per heavy atom. The van der Waals surface area contributed by atoms with E-state index in [0.29, 0.717) is 19.1 Å². The number of benzene rings is 4. The number of rotatable bonds is 13. The van der Waals surface area contributed by atoms with E-state index in [4.69, 9.17) is 19.4 Å². The number of aryl methyl sites for hydroxylation is 1. The molecule has 0 bridgehead atoms. The molecule has 2 heterocycles. The quantitative estimate of drug-likeness (QED) is 0.0936. The van der Waals surface area contributed by atoms with Crippen molar-refractivity contribution in [2.75, 3.05) is 26.1 Å². The third kappa shape index (κ3) is 9.72. The zero-order valence-electron chi connectivity index (χ0n) is 35.2. The van der Waals surface area contributed by atoms with Crippen LogP contribution < -0.4 is 10.1 Å². The highest BCUT2D eigenvalue weighted by Gasteiger charge is 2.39. The van der Waals surface area contributed by atoms with E-state index in [9.17, 15) is 0 Å². The minimum atomic E-state index is -0.734. The van der Waals surface area contributed by atoms with Crippen molar-refractivity contribution in [1.29, 1.82) is 0 Å². The molecule has 4 aromatic carbocycles. The lowest BCUT2D eigenvalue weighted by Gasteiger charge is -2.37. The summed E-state index contributed by atoms with van der Waals surface area (Å²) in [6.45, 7) is 13.5. The molecule has 7 heteroatoms. The highest BCUT2D eigenvalue weighted by Crippen LogP contribution is 2.44.